The molecule has 0 saturated carbocycles. The maximum Gasteiger partial charge on any atom is 0.234 e. The minimum absolute atomic E-state index is 0.0790. The van der Waals surface area contributed by atoms with Crippen LogP contribution >= 0.6 is 11.3 Å². The van der Waals surface area contributed by atoms with Crippen molar-refractivity contribution >= 4 is 33.3 Å². The Morgan fingerprint density at radius 3 is 2.87 bits per heavy atom. The summed E-state index contributed by atoms with van der Waals surface area (Å²) in [4.78, 5) is 29.3. The number of aromatic nitrogens is 2. The van der Waals surface area contributed by atoms with Crippen LogP contribution < -0.4 is 10.2 Å². The number of ether oxygens (including phenoxy) is 1. The zero-order valence-electron chi connectivity index (χ0n) is 17.9. The second kappa shape index (κ2) is 10.00. The highest BCUT2D eigenvalue weighted by Crippen LogP contribution is 2.27. The number of anilines is 1. The Bertz CT molecular complexity index is 836. The Morgan fingerprint density at radius 2 is 2.07 bits per heavy atom. The zero-order chi connectivity index (χ0) is 20.9. The number of hydrogen-bond acceptors (Lipinski definition) is 8. The van der Waals surface area contributed by atoms with Crippen LogP contribution in [-0.4, -0.2) is 97.3 Å². The average molecular weight is 433 g/mol. The summed E-state index contributed by atoms with van der Waals surface area (Å²) in [5.74, 6) is 1.73. The average Bonchev–Trinajstić information content (AvgIpc) is 3.22. The summed E-state index contributed by atoms with van der Waals surface area (Å²) in [6.45, 7) is 12.6. The number of fused-ring (bicyclic) bond motifs is 1. The number of rotatable bonds is 7. The van der Waals surface area contributed by atoms with Crippen molar-refractivity contribution in [1.82, 2.24) is 25.1 Å². The summed E-state index contributed by atoms with van der Waals surface area (Å²) >= 11 is 1.64. The summed E-state index contributed by atoms with van der Waals surface area (Å²) in [7, 11) is 0. The second-order valence-electron chi connectivity index (χ2n) is 8.55. The Morgan fingerprint density at radius 1 is 1.23 bits per heavy atom. The molecule has 4 rings (SSSR count). The van der Waals surface area contributed by atoms with Crippen LogP contribution in [0.1, 0.15) is 13.8 Å². The van der Waals surface area contributed by atoms with Crippen molar-refractivity contribution in [3.63, 3.8) is 0 Å². The number of piperazine rings is 1. The molecule has 2 fully saturated rings. The van der Waals surface area contributed by atoms with Crippen molar-refractivity contribution in [3.8, 4) is 0 Å². The summed E-state index contributed by atoms with van der Waals surface area (Å²) in [5.41, 5.74) is 0. The molecule has 164 valence electrons. The third kappa shape index (κ3) is 5.46. The fourth-order valence-electron chi connectivity index (χ4n) is 4.22. The van der Waals surface area contributed by atoms with Crippen LogP contribution in [0, 0.1) is 5.92 Å². The van der Waals surface area contributed by atoms with E-state index in [1.165, 1.54) is 0 Å². The van der Waals surface area contributed by atoms with Gasteiger partial charge in [-0.05, 0) is 17.4 Å². The van der Waals surface area contributed by atoms with E-state index in [-0.39, 0.29) is 12.0 Å². The van der Waals surface area contributed by atoms with Gasteiger partial charge in [-0.15, -0.1) is 11.3 Å². The Labute approximate surface area is 182 Å². The van der Waals surface area contributed by atoms with Gasteiger partial charge in [-0.3, -0.25) is 14.6 Å². The molecule has 8 nitrogen and oxygen atoms in total. The third-order valence-corrected chi connectivity index (χ3v) is 6.47. The van der Waals surface area contributed by atoms with E-state index in [1.807, 2.05) is 0 Å². The number of nitrogens with zero attached hydrogens (tertiary/aromatic N) is 5. The van der Waals surface area contributed by atoms with Crippen molar-refractivity contribution in [1.29, 1.82) is 0 Å². The fourth-order valence-corrected chi connectivity index (χ4v) is 4.95. The molecule has 30 heavy (non-hydrogen) atoms. The van der Waals surface area contributed by atoms with E-state index in [1.54, 1.807) is 17.7 Å². The predicted octanol–water partition coefficient (Wildman–Crippen LogP) is 1.29. The Kier molecular flexibility index (Phi) is 7.14. The topological polar surface area (TPSA) is 73.8 Å². The van der Waals surface area contributed by atoms with E-state index in [9.17, 15) is 4.79 Å². The van der Waals surface area contributed by atoms with Gasteiger partial charge in [0.25, 0.3) is 0 Å². The predicted molar refractivity (Wildman–Crippen MR) is 120 cm³/mol. The molecule has 1 N–H and O–H groups in total. The van der Waals surface area contributed by atoms with Gasteiger partial charge >= 0.3 is 0 Å². The SMILES string of the molecule is CC(C)CN1CCOC(CNC(=O)CN2CCN(c3ncnc4sccc34)CC2)C1. The molecule has 9 heteroatoms. The molecule has 1 atom stereocenters. The van der Waals surface area contributed by atoms with Gasteiger partial charge in [0, 0.05) is 52.4 Å². The van der Waals surface area contributed by atoms with Crippen LogP contribution in [0.4, 0.5) is 5.82 Å². The molecule has 2 aliphatic heterocycles. The van der Waals surface area contributed by atoms with Crippen LogP contribution in [0.2, 0.25) is 0 Å². The minimum Gasteiger partial charge on any atom is -0.374 e. The molecule has 0 aliphatic carbocycles. The van der Waals surface area contributed by atoms with E-state index in [4.69, 9.17) is 4.74 Å². The van der Waals surface area contributed by atoms with Gasteiger partial charge in [-0.1, -0.05) is 13.8 Å². The first-order valence-corrected chi connectivity index (χ1v) is 11.7. The number of carbonyl (C=O) groups is 1. The van der Waals surface area contributed by atoms with Crippen LogP contribution in [0.5, 0.6) is 0 Å². The lowest BCUT2D eigenvalue weighted by atomic mass is 10.2. The highest BCUT2D eigenvalue weighted by molar-refractivity contribution is 7.16. The van der Waals surface area contributed by atoms with Crippen LogP contribution in [0.25, 0.3) is 10.2 Å². The first kappa shape index (κ1) is 21.4. The first-order chi connectivity index (χ1) is 14.6. The van der Waals surface area contributed by atoms with Crippen LogP contribution in [0.3, 0.4) is 0 Å². The fraction of sp³-hybridized carbons (Fsp3) is 0.667. The zero-order valence-corrected chi connectivity index (χ0v) is 18.7. The lowest BCUT2D eigenvalue weighted by molar-refractivity contribution is -0.123. The van der Waals surface area contributed by atoms with Gasteiger partial charge in [0.1, 0.15) is 17.0 Å². The van der Waals surface area contributed by atoms with Crippen molar-refractivity contribution in [2.75, 3.05) is 70.4 Å². The van der Waals surface area contributed by atoms with E-state index in [0.29, 0.717) is 19.0 Å². The molecule has 0 radical (unpaired) electrons. The second-order valence-corrected chi connectivity index (χ2v) is 9.44. The minimum atomic E-state index is 0.0790. The largest absolute Gasteiger partial charge is 0.374 e. The van der Waals surface area contributed by atoms with Crippen LogP contribution in [-0.2, 0) is 9.53 Å². The first-order valence-electron chi connectivity index (χ1n) is 10.8. The number of carbonyl (C=O) groups excluding carboxylic acids is 1. The Balaban J connectivity index is 1.20. The number of nitrogens with one attached hydrogen (secondary N) is 1. The summed E-state index contributed by atoms with van der Waals surface area (Å²) < 4.78 is 5.83. The van der Waals surface area contributed by atoms with Gasteiger partial charge in [-0.25, -0.2) is 9.97 Å². The van der Waals surface area contributed by atoms with Gasteiger partial charge in [-0.2, -0.15) is 0 Å². The highest BCUT2D eigenvalue weighted by Gasteiger charge is 2.24. The molecule has 1 amide bonds. The third-order valence-electron chi connectivity index (χ3n) is 5.65. The van der Waals surface area contributed by atoms with Gasteiger partial charge < -0.3 is 15.0 Å². The van der Waals surface area contributed by atoms with Gasteiger partial charge in [0.2, 0.25) is 5.91 Å². The molecular formula is C21H32N6O2S. The molecular weight excluding hydrogens is 400 g/mol. The highest BCUT2D eigenvalue weighted by atomic mass is 32.1. The molecule has 4 heterocycles. The maximum atomic E-state index is 12.5. The molecule has 2 aliphatic rings. The molecule has 2 saturated heterocycles. The summed E-state index contributed by atoms with van der Waals surface area (Å²) in [6, 6.07) is 2.09. The standard InChI is InChI=1S/C21H32N6O2S/c1-16(2)12-26-8-9-29-17(13-26)11-22-19(28)14-25-4-6-27(7-5-25)20-18-3-10-30-21(18)24-15-23-20/h3,10,15-17H,4-9,11-14H2,1-2H3,(H,22,28). The summed E-state index contributed by atoms with van der Waals surface area (Å²) in [6.07, 6.45) is 1.73. The van der Waals surface area contributed by atoms with E-state index < -0.39 is 0 Å². The molecule has 0 spiro atoms. The maximum absolute atomic E-state index is 12.5. The molecule has 0 aromatic carbocycles. The molecule has 2 aromatic rings. The van der Waals surface area contributed by atoms with Crippen LogP contribution in [0.15, 0.2) is 17.8 Å². The van der Waals surface area contributed by atoms with Gasteiger partial charge in [0.15, 0.2) is 0 Å². The lowest BCUT2D eigenvalue weighted by Crippen LogP contribution is -2.52. The normalized spacial score (nSPS) is 21.4. The smallest absolute Gasteiger partial charge is 0.234 e. The van der Waals surface area contributed by atoms with Crippen molar-refractivity contribution in [3.05, 3.63) is 17.8 Å². The van der Waals surface area contributed by atoms with E-state index in [0.717, 1.165) is 68.5 Å². The van der Waals surface area contributed by atoms with E-state index >= 15 is 0 Å². The van der Waals surface area contributed by atoms with Crippen molar-refractivity contribution in [2.24, 2.45) is 5.92 Å². The number of amides is 1. The van der Waals surface area contributed by atoms with Crippen molar-refractivity contribution in [2.45, 2.75) is 20.0 Å². The van der Waals surface area contributed by atoms with Gasteiger partial charge in [0.05, 0.1) is 24.6 Å². The van der Waals surface area contributed by atoms with Crippen molar-refractivity contribution < 1.29 is 9.53 Å². The number of thiophene rings is 1. The number of morpholine rings is 1. The summed E-state index contributed by atoms with van der Waals surface area (Å²) in [5, 5.41) is 6.25. The quantitative estimate of drug-likeness (QED) is 0.707. The van der Waals surface area contributed by atoms with E-state index in [2.05, 4.69) is 55.3 Å². The number of hydrogen-bond donors (Lipinski definition) is 1. The Hall–Kier alpha value is -1.81. The monoisotopic (exact) mass is 432 g/mol. The molecule has 2 aromatic heterocycles. The lowest BCUT2D eigenvalue weighted by Gasteiger charge is -2.35. The molecule has 1 unspecified atom stereocenters. The molecule has 0 bridgehead atoms.